The zero-order valence-electron chi connectivity index (χ0n) is 13.7. The van der Waals surface area contributed by atoms with Crippen LogP contribution in [-0.4, -0.2) is 30.8 Å². The number of primary amides is 1. The monoisotopic (exact) mass is 378 g/mol. The molecule has 3 rings (SSSR count). The molecule has 132 valence electrons. The van der Waals surface area contributed by atoms with Crippen LogP contribution in [0, 0.1) is 0 Å². The molecule has 0 aromatic carbocycles. The topological polar surface area (TPSA) is 113 Å². The number of nitrogens with zero attached hydrogens (tertiary/aromatic N) is 5. The summed E-state index contributed by atoms with van der Waals surface area (Å²) in [6.45, 7) is 2.50. The number of rotatable bonds is 9. The highest BCUT2D eigenvalue weighted by atomic mass is 32.2. The molecule has 0 unspecified atom stereocenters. The van der Waals surface area contributed by atoms with Crippen molar-refractivity contribution in [3.8, 4) is 10.7 Å². The van der Waals surface area contributed by atoms with Crippen LogP contribution in [0.4, 0.5) is 0 Å². The third kappa shape index (κ3) is 4.45. The molecule has 0 saturated carbocycles. The second kappa shape index (κ2) is 8.26. The van der Waals surface area contributed by atoms with Crippen molar-refractivity contribution in [2.24, 2.45) is 5.73 Å². The Kier molecular flexibility index (Phi) is 5.82. The van der Waals surface area contributed by atoms with Gasteiger partial charge in [0.1, 0.15) is 0 Å². The lowest BCUT2D eigenvalue weighted by molar-refractivity contribution is -0.118. The Labute approximate surface area is 152 Å². The van der Waals surface area contributed by atoms with Crippen LogP contribution < -0.4 is 5.73 Å². The van der Waals surface area contributed by atoms with Gasteiger partial charge in [-0.05, 0) is 17.9 Å². The van der Waals surface area contributed by atoms with Crippen LogP contribution in [0.1, 0.15) is 31.5 Å². The van der Waals surface area contributed by atoms with Gasteiger partial charge in [-0.1, -0.05) is 29.9 Å². The Morgan fingerprint density at radius 2 is 2.32 bits per heavy atom. The Bertz CT molecular complexity index is 827. The number of thiophene rings is 1. The van der Waals surface area contributed by atoms with Gasteiger partial charge in [0.05, 0.1) is 10.6 Å². The molecule has 0 atom stereocenters. The standard InChI is InChI=1S/C15H18N6O2S2/c1-2-4-12-17-13(23-20-12)9-25-15-19-18-14(10-5-3-8-24-10)21(15)7-6-11(16)22/h3,5,8H,2,4,6-7,9H2,1H3,(H2,16,22). The number of thioether (sulfide) groups is 1. The zero-order valence-corrected chi connectivity index (χ0v) is 15.3. The van der Waals surface area contributed by atoms with E-state index in [2.05, 4.69) is 27.3 Å². The molecule has 0 aliphatic heterocycles. The van der Waals surface area contributed by atoms with E-state index >= 15 is 0 Å². The van der Waals surface area contributed by atoms with E-state index in [1.54, 1.807) is 11.3 Å². The zero-order chi connectivity index (χ0) is 17.6. The molecule has 3 aromatic rings. The van der Waals surface area contributed by atoms with E-state index in [9.17, 15) is 4.79 Å². The van der Waals surface area contributed by atoms with Gasteiger partial charge in [0.15, 0.2) is 16.8 Å². The van der Waals surface area contributed by atoms with Crippen LogP contribution in [0.2, 0.25) is 0 Å². The summed E-state index contributed by atoms with van der Waals surface area (Å²) in [5, 5.41) is 15.1. The van der Waals surface area contributed by atoms with Crippen molar-refractivity contribution in [1.29, 1.82) is 0 Å². The number of carbonyl (C=O) groups excluding carboxylic acids is 1. The molecule has 0 aliphatic rings. The molecule has 3 aromatic heterocycles. The molecule has 0 fully saturated rings. The first-order valence-electron chi connectivity index (χ1n) is 7.87. The van der Waals surface area contributed by atoms with Crippen LogP contribution in [-0.2, 0) is 23.5 Å². The summed E-state index contributed by atoms with van der Waals surface area (Å²) >= 11 is 3.02. The van der Waals surface area contributed by atoms with Crippen LogP contribution in [0.5, 0.6) is 0 Å². The van der Waals surface area contributed by atoms with Gasteiger partial charge in [-0.2, -0.15) is 4.98 Å². The predicted octanol–water partition coefficient (Wildman–Crippen LogP) is 2.51. The Balaban J connectivity index is 1.76. The summed E-state index contributed by atoms with van der Waals surface area (Å²) < 4.78 is 7.15. The average molecular weight is 378 g/mol. The number of aryl methyl sites for hydroxylation is 1. The highest BCUT2D eigenvalue weighted by molar-refractivity contribution is 7.98. The molecule has 2 N–H and O–H groups in total. The highest BCUT2D eigenvalue weighted by Gasteiger charge is 2.17. The molecule has 0 bridgehead atoms. The third-order valence-corrected chi connectivity index (χ3v) is 5.17. The summed E-state index contributed by atoms with van der Waals surface area (Å²) in [4.78, 5) is 16.5. The molecule has 25 heavy (non-hydrogen) atoms. The lowest BCUT2D eigenvalue weighted by atomic mass is 10.3. The van der Waals surface area contributed by atoms with Crippen LogP contribution in [0.15, 0.2) is 27.2 Å². The molecule has 3 heterocycles. The van der Waals surface area contributed by atoms with E-state index in [4.69, 9.17) is 10.3 Å². The summed E-state index contributed by atoms with van der Waals surface area (Å²) in [6.07, 6.45) is 1.99. The predicted molar refractivity (Wildman–Crippen MR) is 95.0 cm³/mol. The largest absolute Gasteiger partial charge is 0.370 e. The van der Waals surface area contributed by atoms with Crippen molar-refractivity contribution in [3.63, 3.8) is 0 Å². The third-order valence-electron chi connectivity index (χ3n) is 3.35. The lowest BCUT2D eigenvalue weighted by Gasteiger charge is -2.07. The van der Waals surface area contributed by atoms with Gasteiger partial charge in [0.25, 0.3) is 0 Å². The van der Waals surface area contributed by atoms with Gasteiger partial charge in [-0.15, -0.1) is 21.5 Å². The van der Waals surface area contributed by atoms with Crippen molar-refractivity contribution < 1.29 is 9.32 Å². The minimum atomic E-state index is -0.358. The number of carbonyl (C=O) groups is 1. The number of nitrogens with two attached hydrogens (primary N) is 1. The van der Waals surface area contributed by atoms with Gasteiger partial charge in [-0.25, -0.2) is 0 Å². The normalized spacial score (nSPS) is 11.1. The Morgan fingerprint density at radius 3 is 3.04 bits per heavy atom. The van der Waals surface area contributed by atoms with Crippen molar-refractivity contribution in [1.82, 2.24) is 24.9 Å². The fraction of sp³-hybridized carbons (Fsp3) is 0.400. The molecule has 1 amide bonds. The first-order valence-corrected chi connectivity index (χ1v) is 9.73. The number of aromatic nitrogens is 5. The van der Waals surface area contributed by atoms with E-state index < -0.39 is 0 Å². The van der Waals surface area contributed by atoms with E-state index in [0.29, 0.717) is 29.2 Å². The second-order valence-electron chi connectivity index (χ2n) is 5.29. The van der Waals surface area contributed by atoms with E-state index in [0.717, 1.165) is 23.5 Å². The highest BCUT2D eigenvalue weighted by Crippen LogP contribution is 2.28. The number of amides is 1. The maximum Gasteiger partial charge on any atom is 0.237 e. The molecular weight excluding hydrogens is 360 g/mol. The molecule has 0 spiro atoms. The molecule has 0 saturated heterocycles. The molecule has 8 nitrogen and oxygen atoms in total. The smallest absolute Gasteiger partial charge is 0.237 e. The first-order chi connectivity index (χ1) is 12.2. The maximum absolute atomic E-state index is 11.2. The summed E-state index contributed by atoms with van der Waals surface area (Å²) in [7, 11) is 0. The van der Waals surface area contributed by atoms with Crippen molar-refractivity contribution in [3.05, 3.63) is 29.2 Å². The Morgan fingerprint density at radius 1 is 1.44 bits per heavy atom. The van der Waals surface area contributed by atoms with Crippen molar-refractivity contribution in [2.75, 3.05) is 0 Å². The number of hydrogen-bond donors (Lipinski definition) is 1. The van der Waals surface area contributed by atoms with Crippen LogP contribution in [0.3, 0.4) is 0 Å². The minimum absolute atomic E-state index is 0.227. The van der Waals surface area contributed by atoms with Crippen molar-refractivity contribution >= 4 is 29.0 Å². The second-order valence-corrected chi connectivity index (χ2v) is 7.18. The van der Waals surface area contributed by atoms with Gasteiger partial charge >= 0.3 is 0 Å². The maximum atomic E-state index is 11.2. The summed E-state index contributed by atoms with van der Waals surface area (Å²) in [5.74, 6) is 2.14. The van der Waals surface area contributed by atoms with Crippen LogP contribution >= 0.6 is 23.1 Å². The summed E-state index contributed by atoms with van der Waals surface area (Å²) in [5.41, 5.74) is 5.29. The molecule has 10 heteroatoms. The quantitative estimate of drug-likeness (QED) is 0.569. The van der Waals surface area contributed by atoms with Crippen molar-refractivity contribution in [2.45, 2.75) is 43.6 Å². The molecule has 0 aliphatic carbocycles. The molecular formula is C15H18N6O2S2. The SMILES string of the molecule is CCCc1noc(CSc2nnc(-c3cccs3)n2CCC(N)=O)n1. The van der Waals surface area contributed by atoms with E-state index in [-0.39, 0.29) is 12.3 Å². The number of hydrogen-bond acceptors (Lipinski definition) is 8. The van der Waals surface area contributed by atoms with Crippen LogP contribution in [0.25, 0.3) is 10.7 Å². The van der Waals surface area contributed by atoms with Gasteiger partial charge in [0, 0.05) is 19.4 Å². The lowest BCUT2D eigenvalue weighted by Crippen LogP contribution is -2.14. The van der Waals surface area contributed by atoms with Gasteiger partial charge < -0.3 is 14.8 Å². The van der Waals surface area contributed by atoms with Gasteiger partial charge in [-0.3, -0.25) is 4.79 Å². The average Bonchev–Trinajstić information content (AvgIpc) is 3.31. The fourth-order valence-corrected chi connectivity index (χ4v) is 3.73. The molecule has 0 radical (unpaired) electrons. The minimum Gasteiger partial charge on any atom is -0.370 e. The van der Waals surface area contributed by atoms with E-state index in [1.807, 2.05) is 22.1 Å². The first kappa shape index (κ1) is 17.6. The summed E-state index contributed by atoms with van der Waals surface area (Å²) in [6, 6.07) is 3.92. The van der Waals surface area contributed by atoms with E-state index in [1.165, 1.54) is 11.8 Å². The fourth-order valence-electron chi connectivity index (χ4n) is 2.21. The Hall–Kier alpha value is -2.20. The van der Waals surface area contributed by atoms with Gasteiger partial charge in [0.2, 0.25) is 11.8 Å².